The average Bonchev–Trinajstić information content (AvgIpc) is 2.22. The van der Waals surface area contributed by atoms with Crippen molar-refractivity contribution >= 4 is 11.9 Å². The highest BCUT2D eigenvalue weighted by Crippen LogP contribution is 1.91. The van der Waals surface area contributed by atoms with E-state index in [1.165, 1.54) is 12.2 Å². The zero-order chi connectivity index (χ0) is 11.0. The number of ether oxygens (including phenoxy) is 1. The Bertz CT molecular complexity index is 221. The van der Waals surface area contributed by atoms with Crippen LogP contribution in [0.5, 0.6) is 0 Å². The third-order valence-corrected chi connectivity index (χ3v) is 1.48. The molecule has 0 N–H and O–H groups in total. The summed E-state index contributed by atoms with van der Waals surface area (Å²) in [4.78, 5) is 26.5. The fraction of sp³-hybridized carbons (Fsp3) is 0.556. The van der Waals surface area contributed by atoms with E-state index in [1.54, 1.807) is 0 Å². The third-order valence-electron chi connectivity index (χ3n) is 1.48. The minimum absolute atomic E-state index is 0.582. The Balaban J connectivity index is 3.97. The Kier molecular flexibility index (Phi) is 6.39. The summed E-state index contributed by atoms with van der Waals surface area (Å²) < 4.78 is 4.31. The van der Waals surface area contributed by atoms with Crippen molar-refractivity contribution in [2.45, 2.75) is 13.8 Å². The molecule has 0 aromatic heterocycles. The summed E-state index contributed by atoms with van der Waals surface area (Å²) in [5.74, 6) is -1.17. The summed E-state index contributed by atoms with van der Waals surface area (Å²) in [5.41, 5.74) is 0. The summed E-state index contributed by atoms with van der Waals surface area (Å²) in [7, 11) is 1.24. The molecule has 0 atom stereocenters. The maximum atomic E-state index is 11.0. The predicted molar refractivity (Wildman–Crippen MR) is 50.2 cm³/mol. The first-order valence-corrected chi connectivity index (χ1v) is 4.36. The van der Waals surface area contributed by atoms with Gasteiger partial charge < -0.3 is 9.57 Å². The van der Waals surface area contributed by atoms with E-state index >= 15 is 0 Å². The standard InChI is InChI=1S/C9H15NO4/c1-4-10(5-2)14-9(12)7-6-8(11)13-3/h6-7H,4-5H2,1-3H3/b7-6+. The van der Waals surface area contributed by atoms with Gasteiger partial charge in [0.2, 0.25) is 0 Å². The molecule has 0 rings (SSSR count). The second-order valence-electron chi connectivity index (χ2n) is 2.38. The molecular formula is C9H15NO4. The number of nitrogens with zero attached hydrogens (tertiary/aromatic N) is 1. The van der Waals surface area contributed by atoms with Gasteiger partial charge in [0.15, 0.2) is 0 Å². The van der Waals surface area contributed by atoms with Gasteiger partial charge in [0.05, 0.1) is 7.11 Å². The average molecular weight is 201 g/mol. The minimum Gasteiger partial charge on any atom is -0.466 e. The van der Waals surface area contributed by atoms with Gasteiger partial charge in [-0.15, -0.1) is 5.06 Å². The highest BCUT2D eigenvalue weighted by molar-refractivity contribution is 5.91. The van der Waals surface area contributed by atoms with E-state index in [9.17, 15) is 9.59 Å². The Morgan fingerprint density at radius 1 is 1.14 bits per heavy atom. The van der Waals surface area contributed by atoms with Crippen LogP contribution in [0.2, 0.25) is 0 Å². The van der Waals surface area contributed by atoms with E-state index in [4.69, 9.17) is 4.84 Å². The van der Waals surface area contributed by atoms with Crippen LogP contribution >= 0.6 is 0 Å². The van der Waals surface area contributed by atoms with Crippen LogP contribution in [-0.4, -0.2) is 37.2 Å². The lowest BCUT2D eigenvalue weighted by atomic mass is 10.5. The van der Waals surface area contributed by atoms with Crippen LogP contribution in [0, 0.1) is 0 Å². The highest BCUT2D eigenvalue weighted by Gasteiger charge is 2.04. The number of hydroxylamine groups is 2. The van der Waals surface area contributed by atoms with Crippen LogP contribution < -0.4 is 0 Å². The third kappa shape index (κ3) is 5.31. The van der Waals surface area contributed by atoms with Crippen molar-refractivity contribution in [3.05, 3.63) is 12.2 Å². The van der Waals surface area contributed by atoms with Crippen molar-refractivity contribution in [3.8, 4) is 0 Å². The highest BCUT2D eigenvalue weighted by atomic mass is 16.7. The summed E-state index contributed by atoms with van der Waals surface area (Å²) in [5, 5.41) is 1.48. The van der Waals surface area contributed by atoms with Gasteiger partial charge in [0.25, 0.3) is 0 Å². The van der Waals surface area contributed by atoms with Crippen molar-refractivity contribution in [3.63, 3.8) is 0 Å². The fourth-order valence-electron chi connectivity index (χ4n) is 0.714. The Morgan fingerprint density at radius 3 is 2.07 bits per heavy atom. The SMILES string of the molecule is CCN(CC)OC(=O)/C=C/C(=O)OC. The molecule has 0 aromatic rings. The fourth-order valence-corrected chi connectivity index (χ4v) is 0.714. The molecule has 0 unspecified atom stereocenters. The Hall–Kier alpha value is -1.36. The van der Waals surface area contributed by atoms with E-state index in [-0.39, 0.29) is 0 Å². The minimum atomic E-state index is -0.584. The first-order valence-electron chi connectivity index (χ1n) is 4.36. The maximum Gasteiger partial charge on any atom is 0.349 e. The van der Waals surface area contributed by atoms with E-state index in [0.717, 1.165) is 12.2 Å². The molecule has 80 valence electrons. The number of rotatable bonds is 5. The van der Waals surface area contributed by atoms with E-state index in [1.807, 2.05) is 13.8 Å². The number of hydrogen-bond donors (Lipinski definition) is 0. The molecule has 0 spiro atoms. The lowest BCUT2D eigenvalue weighted by Gasteiger charge is -2.15. The van der Waals surface area contributed by atoms with Gasteiger partial charge in [-0.2, -0.15) is 0 Å². The van der Waals surface area contributed by atoms with Gasteiger partial charge in [-0.3, -0.25) is 0 Å². The molecule has 0 bridgehead atoms. The van der Waals surface area contributed by atoms with Crippen molar-refractivity contribution in [1.82, 2.24) is 5.06 Å². The quantitative estimate of drug-likeness (QED) is 0.368. The van der Waals surface area contributed by atoms with Crippen LogP contribution in [-0.2, 0) is 19.2 Å². The molecule has 0 aliphatic rings. The van der Waals surface area contributed by atoms with Crippen molar-refractivity contribution in [2.24, 2.45) is 0 Å². The van der Waals surface area contributed by atoms with Gasteiger partial charge in [0.1, 0.15) is 0 Å². The first kappa shape index (κ1) is 12.6. The number of methoxy groups -OCH3 is 1. The summed E-state index contributed by atoms with van der Waals surface area (Å²) in [6.45, 7) is 4.93. The van der Waals surface area contributed by atoms with Gasteiger partial charge >= 0.3 is 11.9 Å². The molecule has 0 heterocycles. The Labute approximate surface area is 83.2 Å². The number of esters is 1. The topological polar surface area (TPSA) is 55.8 Å². The molecule has 0 radical (unpaired) electrons. The molecule has 5 nitrogen and oxygen atoms in total. The lowest BCUT2D eigenvalue weighted by Crippen LogP contribution is -2.26. The van der Waals surface area contributed by atoms with Gasteiger partial charge in [-0.25, -0.2) is 9.59 Å². The molecule has 14 heavy (non-hydrogen) atoms. The van der Waals surface area contributed by atoms with Gasteiger partial charge in [-0.1, -0.05) is 0 Å². The van der Waals surface area contributed by atoms with Crippen molar-refractivity contribution in [1.29, 1.82) is 0 Å². The second-order valence-corrected chi connectivity index (χ2v) is 2.38. The monoisotopic (exact) mass is 201 g/mol. The summed E-state index contributed by atoms with van der Waals surface area (Å²) in [6, 6.07) is 0. The van der Waals surface area contributed by atoms with Crippen molar-refractivity contribution in [2.75, 3.05) is 20.2 Å². The normalized spacial score (nSPS) is 10.6. The zero-order valence-electron chi connectivity index (χ0n) is 8.65. The molecule has 0 amide bonds. The smallest absolute Gasteiger partial charge is 0.349 e. The van der Waals surface area contributed by atoms with Crippen molar-refractivity contribution < 1.29 is 19.2 Å². The van der Waals surface area contributed by atoms with Gasteiger partial charge in [0, 0.05) is 25.2 Å². The Morgan fingerprint density at radius 2 is 1.64 bits per heavy atom. The van der Waals surface area contributed by atoms with Crippen LogP contribution in [0.1, 0.15) is 13.8 Å². The maximum absolute atomic E-state index is 11.0. The van der Waals surface area contributed by atoms with Crippen LogP contribution in [0.3, 0.4) is 0 Å². The first-order chi connectivity index (χ1) is 6.63. The van der Waals surface area contributed by atoms with E-state index in [2.05, 4.69) is 4.74 Å². The van der Waals surface area contributed by atoms with Gasteiger partial charge in [-0.05, 0) is 13.8 Å². The summed E-state index contributed by atoms with van der Waals surface area (Å²) in [6.07, 6.45) is 2.05. The second kappa shape index (κ2) is 7.08. The molecule has 0 aliphatic carbocycles. The zero-order valence-corrected chi connectivity index (χ0v) is 8.65. The van der Waals surface area contributed by atoms with E-state index < -0.39 is 11.9 Å². The predicted octanol–water partition coefficient (Wildman–Crippen LogP) is 0.516. The van der Waals surface area contributed by atoms with Crippen LogP contribution in [0.15, 0.2) is 12.2 Å². The molecule has 0 saturated carbocycles. The van der Waals surface area contributed by atoms with E-state index in [0.29, 0.717) is 13.1 Å². The molecule has 0 aliphatic heterocycles. The molecule has 5 heteroatoms. The van der Waals surface area contributed by atoms with Crippen LogP contribution in [0.4, 0.5) is 0 Å². The molecule has 0 saturated heterocycles. The van der Waals surface area contributed by atoms with Crippen LogP contribution in [0.25, 0.3) is 0 Å². The number of carbonyl (C=O) groups excluding carboxylic acids is 2. The molecule has 0 fully saturated rings. The number of carbonyl (C=O) groups is 2. The molecule has 0 aromatic carbocycles. The molecular weight excluding hydrogens is 186 g/mol. The summed E-state index contributed by atoms with van der Waals surface area (Å²) >= 11 is 0. The number of hydrogen-bond acceptors (Lipinski definition) is 5. The largest absolute Gasteiger partial charge is 0.466 e. The lowest BCUT2D eigenvalue weighted by molar-refractivity contribution is -0.182.